The Morgan fingerprint density at radius 1 is 1.27 bits per heavy atom. The molecule has 1 atom stereocenters. The van der Waals surface area contributed by atoms with Gasteiger partial charge < -0.3 is 20.7 Å². The average molecular weight is 333 g/mol. The molecular formula is C13H19NO7S. The van der Waals surface area contributed by atoms with Crippen LogP contribution in [0, 0.1) is 0 Å². The van der Waals surface area contributed by atoms with E-state index in [9.17, 15) is 13.2 Å². The number of aliphatic hydroxyl groups excluding tert-OH is 1. The maximum atomic E-state index is 11.5. The number of aliphatic hydroxyl groups is 2. The van der Waals surface area contributed by atoms with Crippen LogP contribution in [0.3, 0.4) is 0 Å². The molecule has 0 saturated heterocycles. The lowest BCUT2D eigenvalue weighted by Gasteiger charge is -2.13. The number of hydrogen-bond acceptors (Lipinski definition) is 8. The fourth-order valence-electron chi connectivity index (χ4n) is 1.55. The Bertz CT molecular complexity index is 583. The quantitative estimate of drug-likeness (QED) is 0.242. The van der Waals surface area contributed by atoms with Gasteiger partial charge in [0.15, 0.2) is 6.29 Å². The van der Waals surface area contributed by atoms with Gasteiger partial charge in [0.2, 0.25) is 0 Å². The number of carbonyl (C=O) groups excluding carboxylic acids is 1. The number of rotatable bonds is 8. The van der Waals surface area contributed by atoms with E-state index >= 15 is 0 Å². The second kappa shape index (κ2) is 8.20. The van der Waals surface area contributed by atoms with Crippen LogP contribution in [-0.4, -0.2) is 49.8 Å². The molecule has 0 heterocycles. The molecule has 1 unspecified atom stereocenters. The van der Waals surface area contributed by atoms with Crippen LogP contribution in [0.25, 0.3) is 0 Å². The van der Waals surface area contributed by atoms with Crippen LogP contribution in [0.4, 0.5) is 0 Å². The van der Waals surface area contributed by atoms with E-state index in [1.807, 2.05) is 0 Å². The Hall–Kier alpha value is -1.52. The molecule has 1 aromatic carbocycles. The van der Waals surface area contributed by atoms with E-state index in [0.29, 0.717) is 0 Å². The zero-order valence-electron chi connectivity index (χ0n) is 12.0. The van der Waals surface area contributed by atoms with Gasteiger partial charge in [-0.3, -0.25) is 8.98 Å². The van der Waals surface area contributed by atoms with Crippen LogP contribution >= 0.6 is 0 Å². The monoisotopic (exact) mass is 333 g/mol. The maximum Gasteiger partial charge on any atom is 0.312 e. The van der Waals surface area contributed by atoms with Crippen LogP contribution < -0.4 is 10.5 Å². The highest BCUT2D eigenvalue weighted by molar-refractivity contribution is 7.86. The first-order chi connectivity index (χ1) is 10.2. The first-order valence-corrected chi connectivity index (χ1v) is 8.01. The molecule has 0 radical (unpaired) electrons. The molecule has 0 saturated carbocycles. The van der Waals surface area contributed by atoms with E-state index in [-0.39, 0.29) is 18.6 Å². The topological polar surface area (TPSA) is 136 Å². The SMILES string of the molecule is COS(=O)(=O)CCC(=O)Oc1ccc(CC(N)C(O)O)cc1. The molecule has 124 valence electrons. The number of hydrogen-bond donors (Lipinski definition) is 3. The lowest BCUT2D eigenvalue weighted by molar-refractivity contribution is -0.133. The second-order valence-corrected chi connectivity index (χ2v) is 6.44. The summed E-state index contributed by atoms with van der Waals surface area (Å²) in [6.07, 6.45) is -1.68. The first kappa shape index (κ1) is 18.5. The van der Waals surface area contributed by atoms with Crippen molar-refractivity contribution in [2.45, 2.75) is 25.2 Å². The summed E-state index contributed by atoms with van der Waals surface area (Å²) >= 11 is 0. The minimum atomic E-state index is -3.70. The zero-order chi connectivity index (χ0) is 16.8. The summed E-state index contributed by atoms with van der Waals surface area (Å²) in [5, 5.41) is 17.8. The van der Waals surface area contributed by atoms with Gasteiger partial charge in [0.25, 0.3) is 10.1 Å². The lowest BCUT2D eigenvalue weighted by atomic mass is 10.1. The van der Waals surface area contributed by atoms with Gasteiger partial charge in [0.05, 0.1) is 25.3 Å². The average Bonchev–Trinajstić information content (AvgIpc) is 2.47. The summed E-state index contributed by atoms with van der Waals surface area (Å²) < 4.78 is 31.3. The van der Waals surface area contributed by atoms with Crippen molar-refractivity contribution in [2.75, 3.05) is 12.9 Å². The third kappa shape index (κ3) is 6.50. The highest BCUT2D eigenvalue weighted by Gasteiger charge is 2.14. The van der Waals surface area contributed by atoms with Gasteiger partial charge in [-0.2, -0.15) is 8.42 Å². The number of nitrogens with two attached hydrogens (primary N) is 1. The summed E-state index contributed by atoms with van der Waals surface area (Å²) in [4.78, 5) is 11.5. The molecule has 4 N–H and O–H groups in total. The van der Waals surface area contributed by atoms with E-state index in [2.05, 4.69) is 4.18 Å². The van der Waals surface area contributed by atoms with Gasteiger partial charge in [-0.05, 0) is 24.1 Å². The van der Waals surface area contributed by atoms with Crippen LogP contribution in [0.15, 0.2) is 24.3 Å². The Balaban J connectivity index is 2.52. The standard InChI is InChI=1S/C13H19NO7S/c1-20-22(18,19)7-6-12(15)21-10-4-2-9(3-5-10)8-11(14)13(16)17/h2-5,11,13,16-17H,6-8,14H2,1H3. The molecular weight excluding hydrogens is 314 g/mol. The summed E-state index contributed by atoms with van der Waals surface area (Å²) in [7, 11) is -2.68. The van der Waals surface area contributed by atoms with Crippen LogP contribution in [0.5, 0.6) is 5.75 Å². The maximum absolute atomic E-state index is 11.5. The smallest absolute Gasteiger partial charge is 0.312 e. The van der Waals surface area contributed by atoms with Gasteiger partial charge in [0, 0.05) is 0 Å². The third-order valence-corrected chi connectivity index (χ3v) is 4.03. The van der Waals surface area contributed by atoms with E-state index < -0.39 is 34.2 Å². The second-order valence-electron chi connectivity index (χ2n) is 4.58. The molecule has 1 rings (SSSR count). The van der Waals surface area contributed by atoms with Crippen molar-refractivity contribution in [2.24, 2.45) is 5.73 Å². The molecule has 9 heteroatoms. The van der Waals surface area contributed by atoms with Crippen LogP contribution in [-0.2, 0) is 25.5 Å². The minimum absolute atomic E-state index is 0.248. The minimum Gasteiger partial charge on any atom is -0.427 e. The molecule has 8 nitrogen and oxygen atoms in total. The van der Waals surface area contributed by atoms with Crippen molar-refractivity contribution in [3.63, 3.8) is 0 Å². The van der Waals surface area contributed by atoms with E-state index in [1.54, 1.807) is 12.1 Å². The number of carbonyl (C=O) groups is 1. The summed E-state index contributed by atoms with van der Waals surface area (Å²) in [5.74, 6) is -0.901. The molecule has 0 aromatic heterocycles. The highest BCUT2D eigenvalue weighted by Crippen LogP contribution is 2.14. The number of esters is 1. The van der Waals surface area contributed by atoms with E-state index in [4.69, 9.17) is 20.7 Å². The Morgan fingerprint density at radius 3 is 2.36 bits per heavy atom. The summed E-state index contributed by atoms with van der Waals surface area (Å²) in [6.45, 7) is 0. The van der Waals surface area contributed by atoms with Crippen molar-refractivity contribution in [1.82, 2.24) is 0 Å². The molecule has 0 spiro atoms. The van der Waals surface area contributed by atoms with E-state index in [0.717, 1.165) is 12.7 Å². The Kier molecular flexibility index (Phi) is 6.91. The predicted octanol–water partition coefficient (Wildman–Crippen LogP) is -0.861. The van der Waals surface area contributed by atoms with Crippen molar-refractivity contribution >= 4 is 16.1 Å². The van der Waals surface area contributed by atoms with E-state index in [1.165, 1.54) is 12.1 Å². The molecule has 0 bridgehead atoms. The summed E-state index contributed by atoms with van der Waals surface area (Å²) in [5.41, 5.74) is 6.24. The van der Waals surface area contributed by atoms with Crippen molar-refractivity contribution in [1.29, 1.82) is 0 Å². The molecule has 0 fully saturated rings. The predicted molar refractivity (Wildman–Crippen MR) is 77.4 cm³/mol. The molecule has 0 aliphatic heterocycles. The van der Waals surface area contributed by atoms with Gasteiger partial charge in [0.1, 0.15) is 5.75 Å². The highest BCUT2D eigenvalue weighted by atomic mass is 32.2. The van der Waals surface area contributed by atoms with Gasteiger partial charge in [-0.15, -0.1) is 0 Å². The molecule has 0 aliphatic rings. The van der Waals surface area contributed by atoms with Gasteiger partial charge >= 0.3 is 5.97 Å². The first-order valence-electron chi connectivity index (χ1n) is 6.43. The molecule has 1 aromatic rings. The molecule has 0 aliphatic carbocycles. The van der Waals surface area contributed by atoms with Crippen LogP contribution in [0.2, 0.25) is 0 Å². The number of ether oxygens (including phenoxy) is 1. The fraction of sp³-hybridized carbons (Fsp3) is 0.462. The number of benzene rings is 1. The Morgan fingerprint density at radius 2 is 1.86 bits per heavy atom. The zero-order valence-corrected chi connectivity index (χ0v) is 12.8. The molecule has 0 amide bonds. The van der Waals surface area contributed by atoms with Crippen molar-refractivity contribution in [3.8, 4) is 5.75 Å². The van der Waals surface area contributed by atoms with Gasteiger partial charge in [-0.1, -0.05) is 12.1 Å². The van der Waals surface area contributed by atoms with Gasteiger partial charge in [-0.25, -0.2) is 0 Å². The Labute approximate surface area is 128 Å². The van der Waals surface area contributed by atoms with Crippen molar-refractivity contribution in [3.05, 3.63) is 29.8 Å². The molecule has 22 heavy (non-hydrogen) atoms. The largest absolute Gasteiger partial charge is 0.427 e. The lowest BCUT2D eigenvalue weighted by Crippen LogP contribution is -2.36. The van der Waals surface area contributed by atoms with Crippen LogP contribution in [0.1, 0.15) is 12.0 Å². The third-order valence-electron chi connectivity index (χ3n) is 2.82. The van der Waals surface area contributed by atoms with Crippen molar-refractivity contribution < 1.29 is 32.3 Å². The summed E-state index contributed by atoms with van der Waals surface area (Å²) in [6, 6.07) is 5.45. The fourth-order valence-corrected chi connectivity index (χ4v) is 2.13. The normalized spacial score (nSPS) is 13.1.